The van der Waals surface area contributed by atoms with Gasteiger partial charge in [0.1, 0.15) is 5.82 Å². The van der Waals surface area contributed by atoms with Gasteiger partial charge in [-0.05, 0) is 37.6 Å². The Bertz CT molecular complexity index is 1090. The van der Waals surface area contributed by atoms with E-state index in [-0.39, 0.29) is 0 Å². The number of aromatic amines is 1. The Labute approximate surface area is 155 Å². The Morgan fingerprint density at radius 1 is 1.08 bits per heavy atom. The first-order chi connectivity index (χ1) is 12.6. The van der Waals surface area contributed by atoms with Crippen molar-refractivity contribution in [2.45, 2.75) is 26.7 Å². The van der Waals surface area contributed by atoms with E-state index in [2.05, 4.69) is 36.4 Å². The summed E-state index contributed by atoms with van der Waals surface area (Å²) >= 11 is 6.29. The minimum absolute atomic E-state index is 0.550. The van der Waals surface area contributed by atoms with Gasteiger partial charge < -0.3 is 0 Å². The SMILES string of the molecule is Cc1cc2c(Cc3ncc(Cl)c(Cc4cc(C)[nH]n4)n3)cccc2nn1. The van der Waals surface area contributed by atoms with Gasteiger partial charge in [-0.15, -0.1) is 0 Å². The summed E-state index contributed by atoms with van der Waals surface area (Å²) in [6, 6.07) is 10.0. The molecule has 0 saturated heterocycles. The molecule has 3 aromatic heterocycles. The van der Waals surface area contributed by atoms with Gasteiger partial charge >= 0.3 is 0 Å². The van der Waals surface area contributed by atoms with Crippen molar-refractivity contribution in [2.75, 3.05) is 0 Å². The van der Waals surface area contributed by atoms with Crippen molar-refractivity contribution in [3.8, 4) is 0 Å². The summed E-state index contributed by atoms with van der Waals surface area (Å²) in [7, 11) is 0. The van der Waals surface area contributed by atoms with E-state index in [0.29, 0.717) is 17.9 Å². The van der Waals surface area contributed by atoms with Crippen molar-refractivity contribution in [2.24, 2.45) is 0 Å². The van der Waals surface area contributed by atoms with E-state index in [1.54, 1.807) is 6.20 Å². The van der Waals surface area contributed by atoms with Crippen molar-refractivity contribution < 1.29 is 0 Å². The lowest BCUT2D eigenvalue weighted by atomic mass is 10.0. The molecule has 0 fully saturated rings. The number of hydrogen-bond acceptors (Lipinski definition) is 5. The van der Waals surface area contributed by atoms with Gasteiger partial charge in [0, 0.05) is 30.1 Å². The summed E-state index contributed by atoms with van der Waals surface area (Å²) in [5.41, 5.74) is 5.57. The summed E-state index contributed by atoms with van der Waals surface area (Å²) in [4.78, 5) is 9.07. The normalized spacial score (nSPS) is 11.2. The first-order valence-electron chi connectivity index (χ1n) is 8.31. The van der Waals surface area contributed by atoms with E-state index < -0.39 is 0 Å². The lowest BCUT2D eigenvalue weighted by Gasteiger charge is -2.08. The molecule has 0 atom stereocenters. The largest absolute Gasteiger partial charge is 0.283 e. The molecular weight excluding hydrogens is 348 g/mol. The maximum atomic E-state index is 6.29. The number of aryl methyl sites for hydroxylation is 2. The standard InChI is InChI=1S/C19H17ClN6/c1-11-6-14(25-23-11)9-18-16(20)10-21-19(22-18)8-13-4-3-5-17-15(13)7-12(2)24-26-17/h3-7,10H,8-9H2,1-2H3,(H,23,25). The molecule has 4 rings (SSSR count). The smallest absolute Gasteiger partial charge is 0.133 e. The number of hydrogen-bond donors (Lipinski definition) is 1. The number of H-pyrrole nitrogens is 1. The molecule has 0 amide bonds. The number of benzene rings is 1. The van der Waals surface area contributed by atoms with Crippen LogP contribution in [0, 0.1) is 13.8 Å². The van der Waals surface area contributed by atoms with Gasteiger partial charge in [-0.25, -0.2) is 9.97 Å². The molecule has 0 aliphatic heterocycles. The molecule has 1 aromatic carbocycles. The zero-order valence-corrected chi connectivity index (χ0v) is 15.2. The Kier molecular flexibility index (Phi) is 4.34. The molecule has 0 unspecified atom stereocenters. The minimum Gasteiger partial charge on any atom is -0.283 e. The zero-order valence-electron chi connectivity index (χ0n) is 14.5. The highest BCUT2D eigenvalue weighted by Gasteiger charge is 2.11. The number of halogens is 1. The highest BCUT2D eigenvalue weighted by Crippen LogP contribution is 2.21. The van der Waals surface area contributed by atoms with Gasteiger partial charge in [-0.1, -0.05) is 23.7 Å². The summed E-state index contributed by atoms with van der Waals surface area (Å²) in [6.45, 7) is 3.90. The fourth-order valence-electron chi connectivity index (χ4n) is 2.94. The van der Waals surface area contributed by atoms with Crippen LogP contribution < -0.4 is 0 Å². The highest BCUT2D eigenvalue weighted by molar-refractivity contribution is 6.31. The van der Waals surface area contributed by atoms with Crippen molar-refractivity contribution in [1.82, 2.24) is 30.4 Å². The second kappa shape index (κ2) is 6.80. The molecular formula is C19H17ClN6. The van der Waals surface area contributed by atoms with Gasteiger partial charge in [-0.2, -0.15) is 15.3 Å². The molecule has 7 heteroatoms. The summed E-state index contributed by atoms with van der Waals surface area (Å²) in [5.74, 6) is 0.721. The van der Waals surface area contributed by atoms with Crippen LogP contribution in [0.5, 0.6) is 0 Å². The van der Waals surface area contributed by atoms with E-state index in [4.69, 9.17) is 11.6 Å². The predicted octanol–water partition coefficient (Wildman–Crippen LogP) is 3.59. The molecule has 1 N–H and O–H groups in total. The second-order valence-corrected chi connectivity index (χ2v) is 6.72. The first-order valence-corrected chi connectivity index (χ1v) is 8.69. The Balaban J connectivity index is 1.67. The summed E-state index contributed by atoms with van der Waals surface area (Å²) in [6.07, 6.45) is 2.83. The van der Waals surface area contributed by atoms with Gasteiger partial charge in [0.05, 0.1) is 27.6 Å². The lowest BCUT2D eigenvalue weighted by molar-refractivity contribution is 0.898. The second-order valence-electron chi connectivity index (χ2n) is 6.31. The van der Waals surface area contributed by atoms with E-state index >= 15 is 0 Å². The molecule has 0 aliphatic rings. The third-order valence-electron chi connectivity index (χ3n) is 4.16. The number of aromatic nitrogens is 6. The molecule has 0 aliphatic carbocycles. The fraction of sp³-hybridized carbons (Fsp3) is 0.211. The number of rotatable bonds is 4. The van der Waals surface area contributed by atoms with Crippen LogP contribution in [0.25, 0.3) is 10.9 Å². The number of nitrogens with one attached hydrogen (secondary N) is 1. The first kappa shape index (κ1) is 16.6. The predicted molar refractivity (Wildman–Crippen MR) is 100 cm³/mol. The van der Waals surface area contributed by atoms with Crippen molar-refractivity contribution in [1.29, 1.82) is 0 Å². The Morgan fingerprint density at radius 2 is 1.96 bits per heavy atom. The van der Waals surface area contributed by atoms with Gasteiger partial charge in [0.25, 0.3) is 0 Å². The third kappa shape index (κ3) is 3.41. The summed E-state index contributed by atoms with van der Waals surface area (Å²) < 4.78 is 0. The molecule has 0 radical (unpaired) electrons. The van der Waals surface area contributed by atoms with Gasteiger partial charge in [-0.3, -0.25) is 5.10 Å². The maximum Gasteiger partial charge on any atom is 0.133 e. The van der Waals surface area contributed by atoms with Crippen LogP contribution in [-0.2, 0) is 12.8 Å². The van der Waals surface area contributed by atoms with Crippen LogP contribution in [0.2, 0.25) is 5.02 Å². The lowest BCUT2D eigenvalue weighted by Crippen LogP contribution is -2.03. The Hall–Kier alpha value is -2.86. The van der Waals surface area contributed by atoms with E-state index in [1.807, 2.05) is 38.1 Å². The molecule has 4 aromatic rings. The van der Waals surface area contributed by atoms with Crippen LogP contribution in [0.1, 0.15) is 34.2 Å². The monoisotopic (exact) mass is 364 g/mol. The fourth-order valence-corrected chi connectivity index (χ4v) is 3.10. The topological polar surface area (TPSA) is 80.2 Å². The van der Waals surface area contributed by atoms with Gasteiger partial charge in [0.2, 0.25) is 0 Å². The van der Waals surface area contributed by atoms with Crippen LogP contribution in [0.4, 0.5) is 0 Å². The molecule has 3 heterocycles. The average molecular weight is 365 g/mol. The highest BCUT2D eigenvalue weighted by atomic mass is 35.5. The molecule has 6 nitrogen and oxygen atoms in total. The average Bonchev–Trinajstić information content (AvgIpc) is 3.03. The zero-order chi connectivity index (χ0) is 18.1. The summed E-state index contributed by atoms with van der Waals surface area (Å²) in [5, 5.41) is 17.2. The van der Waals surface area contributed by atoms with E-state index in [9.17, 15) is 0 Å². The van der Waals surface area contributed by atoms with Crippen molar-refractivity contribution in [3.05, 3.63) is 75.7 Å². The van der Waals surface area contributed by atoms with Crippen molar-refractivity contribution >= 4 is 22.5 Å². The van der Waals surface area contributed by atoms with Crippen LogP contribution in [0.15, 0.2) is 36.5 Å². The van der Waals surface area contributed by atoms with Gasteiger partial charge in [0.15, 0.2) is 0 Å². The molecule has 26 heavy (non-hydrogen) atoms. The van der Waals surface area contributed by atoms with Crippen LogP contribution in [-0.4, -0.2) is 30.4 Å². The minimum atomic E-state index is 0.550. The maximum absolute atomic E-state index is 6.29. The number of fused-ring (bicyclic) bond motifs is 1. The Morgan fingerprint density at radius 3 is 2.77 bits per heavy atom. The third-order valence-corrected chi connectivity index (χ3v) is 4.48. The molecule has 130 valence electrons. The molecule has 0 saturated carbocycles. The number of nitrogens with zero attached hydrogens (tertiary/aromatic N) is 5. The van der Waals surface area contributed by atoms with Crippen LogP contribution in [0.3, 0.4) is 0 Å². The van der Waals surface area contributed by atoms with Crippen molar-refractivity contribution in [3.63, 3.8) is 0 Å². The van der Waals surface area contributed by atoms with E-state index in [0.717, 1.165) is 45.1 Å². The van der Waals surface area contributed by atoms with Crippen LogP contribution >= 0.6 is 11.6 Å². The quantitative estimate of drug-likeness (QED) is 0.598. The molecule has 0 bridgehead atoms. The molecule has 0 spiro atoms. The van der Waals surface area contributed by atoms with E-state index in [1.165, 1.54) is 0 Å².